The van der Waals surface area contributed by atoms with Crippen molar-refractivity contribution in [3.05, 3.63) is 71.7 Å². The van der Waals surface area contributed by atoms with Crippen molar-refractivity contribution in [2.24, 2.45) is 0 Å². The Morgan fingerprint density at radius 3 is 2.83 bits per heavy atom. The Hall–Kier alpha value is -2.70. The molecule has 0 spiro atoms. The lowest BCUT2D eigenvalue weighted by molar-refractivity contribution is -0.136. The number of fused-ring (bicyclic) bond motifs is 1. The number of halogens is 1. The van der Waals surface area contributed by atoms with E-state index in [-0.39, 0.29) is 30.8 Å². The van der Waals surface area contributed by atoms with Crippen LogP contribution in [0.15, 0.2) is 54.7 Å². The molecule has 0 radical (unpaired) electrons. The van der Waals surface area contributed by atoms with Gasteiger partial charge in [-0.3, -0.25) is 4.79 Å². The van der Waals surface area contributed by atoms with Gasteiger partial charge in [-0.05, 0) is 36.2 Å². The Labute approximate surface area is 169 Å². The number of carbonyl (C=O) groups is 1. The molecule has 152 valence electrons. The molecule has 2 heterocycles. The number of carbonyl (C=O) groups excluding carboxylic acids is 1. The lowest BCUT2D eigenvalue weighted by Crippen LogP contribution is -2.49. The zero-order valence-corrected chi connectivity index (χ0v) is 16.4. The fourth-order valence-electron chi connectivity index (χ4n) is 3.92. The topological polar surface area (TPSA) is 65.6 Å². The molecule has 6 heteroatoms. The molecule has 1 fully saturated rings. The predicted molar refractivity (Wildman–Crippen MR) is 109 cm³/mol. The Bertz CT molecular complexity index is 1000. The lowest BCUT2D eigenvalue weighted by Gasteiger charge is -2.33. The van der Waals surface area contributed by atoms with Gasteiger partial charge in [0, 0.05) is 36.7 Å². The summed E-state index contributed by atoms with van der Waals surface area (Å²) in [4.78, 5) is 18.0. The van der Waals surface area contributed by atoms with Crippen molar-refractivity contribution in [3.63, 3.8) is 0 Å². The van der Waals surface area contributed by atoms with Gasteiger partial charge in [-0.1, -0.05) is 30.3 Å². The lowest BCUT2D eigenvalue weighted by atomic mass is 9.95. The minimum atomic E-state index is -1.07. The van der Waals surface area contributed by atoms with Gasteiger partial charge in [0.2, 0.25) is 5.91 Å². The van der Waals surface area contributed by atoms with E-state index in [9.17, 15) is 14.3 Å². The second kappa shape index (κ2) is 7.97. The van der Waals surface area contributed by atoms with Crippen molar-refractivity contribution in [2.45, 2.75) is 38.0 Å². The van der Waals surface area contributed by atoms with Gasteiger partial charge in [0.1, 0.15) is 11.4 Å². The first-order valence-electron chi connectivity index (χ1n) is 9.86. The number of amides is 1. The third-order valence-electron chi connectivity index (χ3n) is 5.76. The summed E-state index contributed by atoms with van der Waals surface area (Å²) in [6.45, 7) is 2.90. The second-order valence-electron chi connectivity index (χ2n) is 7.78. The maximum Gasteiger partial charge on any atom is 0.227 e. The molecule has 5 nitrogen and oxygen atoms in total. The number of ether oxygens (including phenoxy) is 1. The summed E-state index contributed by atoms with van der Waals surface area (Å²) >= 11 is 0. The third-order valence-corrected chi connectivity index (χ3v) is 5.76. The van der Waals surface area contributed by atoms with Crippen LogP contribution in [0.4, 0.5) is 4.39 Å². The second-order valence-corrected chi connectivity index (χ2v) is 7.78. The van der Waals surface area contributed by atoms with Crippen molar-refractivity contribution >= 4 is 16.8 Å². The van der Waals surface area contributed by atoms with E-state index in [2.05, 4.69) is 4.98 Å². The van der Waals surface area contributed by atoms with Crippen LogP contribution < -0.4 is 0 Å². The van der Waals surface area contributed by atoms with Crippen LogP contribution in [-0.4, -0.2) is 45.8 Å². The third kappa shape index (κ3) is 4.18. The molecule has 0 saturated carbocycles. The summed E-state index contributed by atoms with van der Waals surface area (Å²) in [6, 6.07) is 14.2. The predicted octanol–water partition coefficient (Wildman–Crippen LogP) is 3.42. The van der Waals surface area contributed by atoms with Crippen LogP contribution in [0.2, 0.25) is 0 Å². The summed E-state index contributed by atoms with van der Waals surface area (Å²) < 4.78 is 19.2. The molecule has 29 heavy (non-hydrogen) atoms. The van der Waals surface area contributed by atoms with Gasteiger partial charge in [0.05, 0.1) is 19.1 Å². The molecule has 1 amide bonds. The van der Waals surface area contributed by atoms with Crippen LogP contribution in [-0.2, 0) is 22.5 Å². The number of H-pyrrole nitrogens is 1. The summed E-state index contributed by atoms with van der Waals surface area (Å²) in [5.41, 5.74) is 1.45. The highest BCUT2D eigenvalue weighted by Gasteiger charge is 2.41. The number of nitrogens with one attached hydrogen (secondary N) is 1. The normalized spacial score (nSPS) is 21.6. The zero-order chi connectivity index (χ0) is 20.4. The Balaban J connectivity index is 1.58. The van der Waals surface area contributed by atoms with Gasteiger partial charge in [-0.25, -0.2) is 4.39 Å². The highest BCUT2D eigenvalue weighted by atomic mass is 19.1. The molecule has 1 saturated heterocycles. The van der Waals surface area contributed by atoms with Gasteiger partial charge in [-0.2, -0.15) is 0 Å². The van der Waals surface area contributed by atoms with E-state index >= 15 is 0 Å². The van der Waals surface area contributed by atoms with Crippen LogP contribution >= 0.6 is 0 Å². The molecule has 1 aliphatic heterocycles. The average Bonchev–Trinajstić information content (AvgIpc) is 3.25. The average molecular weight is 396 g/mol. The van der Waals surface area contributed by atoms with Crippen molar-refractivity contribution in [2.75, 3.05) is 13.2 Å². The molecular formula is C23H25FN2O3. The van der Waals surface area contributed by atoms with E-state index in [0.29, 0.717) is 25.0 Å². The Morgan fingerprint density at radius 2 is 2.10 bits per heavy atom. The number of hydrogen-bond donors (Lipinski definition) is 2. The molecule has 1 aliphatic rings. The number of rotatable bonds is 6. The minimum absolute atomic E-state index is 0.119. The molecule has 2 aromatic carbocycles. The van der Waals surface area contributed by atoms with Crippen LogP contribution in [0.1, 0.15) is 24.5 Å². The molecule has 0 aliphatic carbocycles. The first-order valence-corrected chi connectivity index (χ1v) is 9.86. The van der Waals surface area contributed by atoms with Crippen molar-refractivity contribution in [1.82, 2.24) is 9.88 Å². The standard InChI is InChI=1S/C23H25FN2O3/c1-16-23(28,9-10-29-16)15-26(14-17-5-3-2-4-6-17)22(27)11-18-13-25-21-8-7-19(24)12-20(18)21/h2-8,12-13,16,25,28H,9-11,14-15H2,1H3/t16-,23-/m1/s1. The number of benzene rings is 2. The largest absolute Gasteiger partial charge is 0.385 e. The van der Waals surface area contributed by atoms with Gasteiger partial charge in [0.25, 0.3) is 0 Å². The van der Waals surface area contributed by atoms with Crippen molar-refractivity contribution < 1.29 is 19.0 Å². The first-order chi connectivity index (χ1) is 13.9. The zero-order valence-electron chi connectivity index (χ0n) is 16.4. The van der Waals surface area contributed by atoms with Gasteiger partial charge < -0.3 is 19.7 Å². The Morgan fingerprint density at radius 1 is 1.31 bits per heavy atom. The highest BCUT2D eigenvalue weighted by Crippen LogP contribution is 2.28. The van der Waals surface area contributed by atoms with E-state index in [1.165, 1.54) is 12.1 Å². The van der Waals surface area contributed by atoms with Crippen molar-refractivity contribution in [1.29, 1.82) is 0 Å². The van der Waals surface area contributed by atoms with Crippen molar-refractivity contribution in [3.8, 4) is 0 Å². The van der Waals surface area contributed by atoms with E-state index < -0.39 is 5.60 Å². The smallest absolute Gasteiger partial charge is 0.227 e. The molecule has 0 bridgehead atoms. The quantitative estimate of drug-likeness (QED) is 0.671. The van der Waals surface area contributed by atoms with E-state index in [1.54, 1.807) is 17.2 Å². The molecule has 2 atom stereocenters. The molecule has 3 aromatic rings. The number of aromatic amines is 1. The fourth-order valence-corrected chi connectivity index (χ4v) is 3.92. The van der Waals surface area contributed by atoms with Gasteiger partial charge in [-0.15, -0.1) is 0 Å². The molecule has 4 rings (SSSR count). The molecule has 0 unspecified atom stereocenters. The van der Waals surface area contributed by atoms with Gasteiger partial charge in [0.15, 0.2) is 0 Å². The summed E-state index contributed by atoms with van der Waals surface area (Å²) in [5, 5.41) is 11.7. The van der Waals surface area contributed by atoms with Crippen LogP contribution in [0, 0.1) is 5.82 Å². The maximum atomic E-state index is 13.7. The number of hydrogen-bond acceptors (Lipinski definition) is 3. The fraction of sp³-hybridized carbons (Fsp3) is 0.348. The summed E-state index contributed by atoms with van der Waals surface area (Å²) in [6.07, 6.45) is 2.03. The highest BCUT2D eigenvalue weighted by molar-refractivity contribution is 5.89. The minimum Gasteiger partial charge on any atom is -0.385 e. The van der Waals surface area contributed by atoms with E-state index in [1.807, 2.05) is 37.3 Å². The number of aliphatic hydroxyl groups is 1. The summed E-state index contributed by atoms with van der Waals surface area (Å²) in [5.74, 6) is -0.454. The van der Waals surface area contributed by atoms with Gasteiger partial charge >= 0.3 is 0 Å². The molecular weight excluding hydrogens is 371 g/mol. The molecule has 1 aromatic heterocycles. The number of aromatic nitrogens is 1. The number of nitrogens with zero attached hydrogens (tertiary/aromatic N) is 1. The maximum absolute atomic E-state index is 13.7. The summed E-state index contributed by atoms with van der Waals surface area (Å²) in [7, 11) is 0. The molecule has 2 N–H and O–H groups in total. The Kier molecular flexibility index (Phi) is 5.39. The first kappa shape index (κ1) is 19.6. The van der Waals surface area contributed by atoms with Crippen LogP contribution in [0.3, 0.4) is 0 Å². The van der Waals surface area contributed by atoms with Crippen LogP contribution in [0.5, 0.6) is 0 Å². The monoisotopic (exact) mass is 396 g/mol. The van der Waals surface area contributed by atoms with Crippen LogP contribution in [0.25, 0.3) is 10.9 Å². The van der Waals surface area contributed by atoms with E-state index in [0.717, 1.165) is 16.6 Å². The SMILES string of the molecule is C[C@H]1OCC[C@@]1(O)CN(Cc1ccccc1)C(=O)Cc1c[nH]c2ccc(F)cc12. The van der Waals surface area contributed by atoms with E-state index in [4.69, 9.17) is 4.74 Å².